The van der Waals surface area contributed by atoms with Crippen LogP contribution in [0.5, 0.6) is 5.75 Å². The number of amides is 4. The second kappa shape index (κ2) is 11.0. The molecule has 0 unspecified atom stereocenters. The van der Waals surface area contributed by atoms with Gasteiger partial charge in [0, 0.05) is 17.6 Å². The van der Waals surface area contributed by atoms with Gasteiger partial charge in [-0.3, -0.25) is 14.9 Å². The maximum atomic E-state index is 12.5. The lowest BCUT2D eigenvalue weighted by atomic mass is 9.97. The van der Waals surface area contributed by atoms with E-state index in [0.717, 1.165) is 19.3 Å². The Bertz CT molecular complexity index is 821. The van der Waals surface area contributed by atoms with Crippen molar-refractivity contribution >= 4 is 23.8 Å². The molecule has 1 aliphatic rings. The topological polar surface area (TPSA) is 114 Å². The second-order valence-electron chi connectivity index (χ2n) is 9.07. The van der Waals surface area contributed by atoms with Crippen molar-refractivity contribution in [1.82, 2.24) is 15.5 Å². The van der Waals surface area contributed by atoms with E-state index in [0.29, 0.717) is 5.75 Å². The van der Waals surface area contributed by atoms with Crippen LogP contribution in [0.25, 0.3) is 0 Å². The van der Waals surface area contributed by atoms with E-state index in [-0.39, 0.29) is 30.2 Å². The molecule has 1 saturated heterocycles. The Morgan fingerprint density at radius 3 is 2.16 bits per heavy atom. The number of hydrogen-bond donors (Lipinski definition) is 2. The molecule has 1 aromatic carbocycles. The first-order chi connectivity index (χ1) is 15.0. The summed E-state index contributed by atoms with van der Waals surface area (Å²) in [5, 5.41) is 4.66. The third kappa shape index (κ3) is 7.86. The molecule has 2 rings (SSSR count). The minimum Gasteiger partial charge on any atom is -0.484 e. The zero-order chi connectivity index (χ0) is 23.9. The Balaban J connectivity index is 1.79. The average Bonchev–Trinajstić information content (AvgIpc) is 2.69. The fourth-order valence-corrected chi connectivity index (χ4v) is 3.57. The number of rotatable bonds is 6. The van der Waals surface area contributed by atoms with E-state index < -0.39 is 30.1 Å². The summed E-state index contributed by atoms with van der Waals surface area (Å²) >= 11 is 0. The maximum Gasteiger partial charge on any atom is 0.338 e. The van der Waals surface area contributed by atoms with Crippen molar-refractivity contribution in [3.05, 3.63) is 29.8 Å². The van der Waals surface area contributed by atoms with Crippen molar-refractivity contribution in [1.29, 1.82) is 0 Å². The van der Waals surface area contributed by atoms with Crippen LogP contribution in [-0.4, -0.2) is 59.6 Å². The fourth-order valence-electron chi connectivity index (χ4n) is 3.57. The number of nitrogens with zero attached hydrogens (tertiary/aromatic N) is 1. The third-order valence-corrected chi connectivity index (χ3v) is 5.01. The zero-order valence-electron chi connectivity index (χ0n) is 19.4. The van der Waals surface area contributed by atoms with Crippen LogP contribution in [0.2, 0.25) is 0 Å². The van der Waals surface area contributed by atoms with Gasteiger partial charge in [0.15, 0.2) is 13.2 Å². The molecule has 0 saturated carbocycles. The number of hydrogen-bond acceptors (Lipinski definition) is 6. The van der Waals surface area contributed by atoms with E-state index in [1.54, 1.807) is 32.9 Å². The number of ether oxygens (including phenoxy) is 2. The summed E-state index contributed by atoms with van der Waals surface area (Å²) < 4.78 is 10.5. The Labute approximate surface area is 188 Å². The highest BCUT2D eigenvalue weighted by molar-refractivity contribution is 5.97. The van der Waals surface area contributed by atoms with Crippen LogP contribution < -0.4 is 15.4 Å². The molecule has 32 heavy (non-hydrogen) atoms. The smallest absolute Gasteiger partial charge is 0.338 e. The van der Waals surface area contributed by atoms with Gasteiger partial charge in [-0.05, 0) is 78.1 Å². The number of imide groups is 1. The number of likely N-dealkylation sites (tertiary alicyclic amines) is 1. The molecular formula is C23H33N3O6. The predicted molar refractivity (Wildman–Crippen MR) is 118 cm³/mol. The highest BCUT2D eigenvalue weighted by Gasteiger charge is 2.29. The lowest BCUT2D eigenvalue weighted by Gasteiger charge is -2.38. The van der Waals surface area contributed by atoms with Crippen LogP contribution >= 0.6 is 0 Å². The Morgan fingerprint density at radius 1 is 1.00 bits per heavy atom. The van der Waals surface area contributed by atoms with Crippen molar-refractivity contribution < 1.29 is 28.7 Å². The lowest BCUT2D eigenvalue weighted by Crippen LogP contribution is -2.49. The van der Waals surface area contributed by atoms with Gasteiger partial charge in [0.05, 0.1) is 5.56 Å². The van der Waals surface area contributed by atoms with Gasteiger partial charge in [-0.2, -0.15) is 0 Å². The molecule has 2 atom stereocenters. The number of urea groups is 1. The number of carbonyl (C=O) groups excluding carboxylic acids is 4. The van der Waals surface area contributed by atoms with Crippen molar-refractivity contribution in [3.8, 4) is 5.75 Å². The van der Waals surface area contributed by atoms with Gasteiger partial charge in [-0.15, -0.1) is 0 Å². The molecule has 0 aromatic heterocycles. The summed E-state index contributed by atoms with van der Waals surface area (Å²) in [7, 11) is 0. The molecule has 176 valence electrons. The predicted octanol–water partition coefficient (Wildman–Crippen LogP) is 2.64. The monoisotopic (exact) mass is 447 g/mol. The van der Waals surface area contributed by atoms with Crippen LogP contribution in [0, 0.1) is 0 Å². The number of nitrogens with one attached hydrogen (secondary N) is 2. The van der Waals surface area contributed by atoms with Crippen molar-refractivity contribution in [3.63, 3.8) is 0 Å². The van der Waals surface area contributed by atoms with E-state index in [9.17, 15) is 19.2 Å². The van der Waals surface area contributed by atoms with Crippen molar-refractivity contribution in [2.45, 2.75) is 71.5 Å². The first-order valence-corrected chi connectivity index (χ1v) is 10.8. The normalized spacial score (nSPS) is 18.5. The van der Waals surface area contributed by atoms with Gasteiger partial charge in [0.2, 0.25) is 0 Å². The van der Waals surface area contributed by atoms with E-state index in [1.807, 2.05) is 18.7 Å². The maximum absolute atomic E-state index is 12.5. The van der Waals surface area contributed by atoms with Crippen molar-refractivity contribution in [2.24, 2.45) is 0 Å². The molecule has 0 aliphatic carbocycles. The lowest BCUT2D eigenvalue weighted by molar-refractivity contribution is -0.139. The van der Waals surface area contributed by atoms with Gasteiger partial charge in [-0.1, -0.05) is 0 Å². The molecule has 2 N–H and O–H groups in total. The molecule has 1 fully saturated rings. The quantitative estimate of drug-likeness (QED) is 0.648. The average molecular weight is 448 g/mol. The van der Waals surface area contributed by atoms with Crippen LogP contribution in [0.1, 0.15) is 64.2 Å². The highest BCUT2D eigenvalue weighted by Crippen LogP contribution is 2.23. The fraction of sp³-hybridized carbons (Fsp3) is 0.565. The van der Waals surface area contributed by atoms with E-state index >= 15 is 0 Å². The largest absolute Gasteiger partial charge is 0.484 e. The number of esters is 1. The second-order valence-corrected chi connectivity index (χ2v) is 9.07. The molecule has 0 spiro atoms. The molecule has 0 bridgehead atoms. The molecule has 9 nitrogen and oxygen atoms in total. The molecule has 0 radical (unpaired) electrons. The Hall–Kier alpha value is -3.10. The molecule has 4 amide bonds. The van der Waals surface area contributed by atoms with E-state index in [4.69, 9.17) is 9.47 Å². The molecule has 1 heterocycles. The summed E-state index contributed by atoms with van der Waals surface area (Å²) in [5.41, 5.74) is -0.284. The minimum atomic E-state index is -0.736. The van der Waals surface area contributed by atoms with Crippen LogP contribution in [0.4, 0.5) is 4.79 Å². The first kappa shape index (κ1) is 25.2. The van der Waals surface area contributed by atoms with Gasteiger partial charge in [-0.25, -0.2) is 9.59 Å². The summed E-state index contributed by atoms with van der Waals surface area (Å²) in [4.78, 5) is 49.9. The first-order valence-electron chi connectivity index (χ1n) is 10.8. The SMILES string of the molecule is C[C@@H]1CCC[C@@H](C)N1C(=O)COc1ccc(C(=O)OCC(=O)NC(=O)NC(C)(C)C)cc1. The Kier molecular flexibility index (Phi) is 8.63. The summed E-state index contributed by atoms with van der Waals surface area (Å²) in [5.74, 6) is -1.06. The van der Waals surface area contributed by atoms with Gasteiger partial charge in [0.1, 0.15) is 5.75 Å². The zero-order valence-corrected chi connectivity index (χ0v) is 19.4. The van der Waals surface area contributed by atoms with Crippen LogP contribution in [0.3, 0.4) is 0 Å². The van der Waals surface area contributed by atoms with Gasteiger partial charge < -0.3 is 19.7 Å². The number of carbonyl (C=O) groups is 4. The van der Waals surface area contributed by atoms with Crippen LogP contribution in [0.15, 0.2) is 24.3 Å². The van der Waals surface area contributed by atoms with Gasteiger partial charge in [0.25, 0.3) is 11.8 Å². The highest BCUT2D eigenvalue weighted by atomic mass is 16.5. The van der Waals surface area contributed by atoms with E-state index in [1.165, 1.54) is 12.1 Å². The summed E-state index contributed by atoms with van der Waals surface area (Å²) in [6, 6.07) is 5.82. The van der Waals surface area contributed by atoms with Crippen molar-refractivity contribution in [2.75, 3.05) is 13.2 Å². The molecule has 1 aliphatic heterocycles. The number of piperidine rings is 1. The Morgan fingerprint density at radius 2 is 1.59 bits per heavy atom. The summed E-state index contributed by atoms with van der Waals surface area (Å²) in [6.07, 6.45) is 3.11. The summed E-state index contributed by atoms with van der Waals surface area (Å²) in [6.45, 7) is 8.75. The molecule has 9 heteroatoms. The number of benzene rings is 1. The molecular weight excluding hydrogens is 414 g/mol. The third-order valence-electron chi connectivity index (χ3n) is 5.01. The minimum absolute atomic E-state index is 0.0605. The van der Waals surface area contributed by atoms with Gasteiger partial charge >= 0.3 is 12.0 Å². The van der Waals surface area contributed by atoms with Crippen LogP contribution in [-0.2, 0) is 14.3 Å². The molecule has 1 aromatic rings. The standard InChI is InChI=1S/C23H33N3O6/c1-15-7-6-8-16(2)26(15)20(28)14-31-18-11-9-17(10-12-18)21(29)32-13-19(27)24-22(30)25-23(3,4)5/h9-12,15-16H,6-8,13-14H2,1-5H3,(H2,24,25,27,30)/t15-,16-/m1/s1. The van der Waals surface area contributed by atoms with E-state index in [2.05, 4.69) is 10.6 Å².